The van der Waals surface area contributed by atoms with E-state index in [1.54, 1.807) is 24.3 Å². The molecule has 1 atom stereocenters. The second-order valence-corrected chi connectivity index (χ2v) is 6.16. The maximum absolute atomic E-state index is 11.3. The van der Waals surface area contributed by atoms with Crippen molar-refractivity contribution in [2.24, 2.45) is 0 Å². The molecule has 3 rings (SSSR count). The van der Waals surface area contributed by atoms with Crippen molar-refractivity contribution < 1.29 is 19.4 Å². The van der Waals surface area contributed by atoms with E-state index in [2.05, 4.69) is 18.0 Å². The van der Waals surface area contributed by atoms with E-state index in [1.165, 1.54) is 12.5 Å². The predicted octanol–water partition coefficient (Wildman–Crippen LogP) is 3.51. The van der Waals surface area contributed by atoms with E-state index in [9.17, 15) is 9.90 Å². The molecule has 1 aliphatic rings. The standard InChI is InChI=1S/C20H21NO4/c1-3-14-4-5-16(21-13-14)9-11-24-17-6-7-18-15(12-17)8-10-20(2,25-18)19(22)23/h4-8,10,12-13H,3,9,11H2,1-2H3,(H,22,23). The van der Waals surface area contributed by atoms with Gasteiger partial charge in [-0.1, -0.05) is 19.1 Å². The quantitative estimate of drug-likeness (QED) is 0.872. The highest BCUT2D eigenvalue weighted by atomic mass is 16.5. The number of carboxylic acid groups (broad SMARTS) is 1. The van der Waals surface area contributed by atoms with E-state index in [0.717, 1.165) is 29.8 Å². The van der Waals surface area contributed by atoms with Crippen LogP contribution in [0.3, 0.4) is 0 Å². The number of aromatic nitrogens is 1. The Labute approximate surface area is 146 Å². The monoisotopic (exact) mass is 339 g/mol. The van der Waals surface area contributed by atoms with Crippen LogP contribution in [0.5, 0.6) is 11.5 Å². The minimum Gasteiger partial charge on any atom is -0.493 e. The molecule has 0 spiro atoms. The van der Waals surface area contributed by atoms with Gasteiger partial charge < -0.3 is 14.6 Å². The smallest absolute Gasteiger partial charge is 0.351 e. The molecule has 1 aromatic carbocycles. The van der Waals surface area contributed by atoms with Crippen LogP contribution in [-0.2, 0) is 17.6 Å². The molecule has 0 bridgehead atoms. The topological polar surface area (TPSA) is 68.7 Å². The second-order valence-electron chi connectivity index (χ2n) is 6.16. The lowest BCUT2D eigenvalue weighted by molar-refractivity contribution is -0.149. The molecular formula is C20H21NO4. The summed E-state index contributed by atoms with van der Waals surface area (Å²) in [6.45, 7) is 4.15. The largest absolute Gasteiger partial charge is 0.493 e. The summed E-state index contributed by atoms with van der Waals surface area (Å²) in [4.78, 5) is 15.7. The van der Waals surface area contributed by atoms with Gasteiger partial charge in [0.25, 0.3) is 0 Å². The van der Waals surface area contributed by atoms with E-state index >= 15 is 0 Å². The van der Waals surface area contributed by atoms with Gasteiger partial charge in [-0.05, 0) is 49.2 Å². The van der Waals surface area contributed by atoms with E-state index < -0.39 is 11.6 Å². The fourth-order valence-electron chi connectivity index (χ4n) is 2.55. The van der Waals surface area contributed by atoms with Crippen molar-refractivity contribution in [2.45, 2.75) is 32.3 Å². The average Bonchev–Trinajstić information content (AvgIpc) is 2.62. The number of fused-ring (bicyclic) bond motifs is 1. The van der Waals surface area contributed by atoms with Crippen LogP contribution in [0.25, 0.3) is 6.08 Å². The average molecular weight is 339 g/mol. The number of benzene rings is 1. The molecule has 130 valence electrons. The number of ether oxygens (including phenoxy) is 2. The molecule has 25 heavy (non-hydrogen) atoms. The number of rotatable bonds is 6. The maximum Gasteiger partial charge on any atom is 0.351 e. The summed E-state index contributed by atoms with van der Waals surface area (Å²) in [5.74, 6) is 0.240. The third-order valence-corrected chi connectivity index (χ3v) is 4.23. The fraction of sp³-hybridized carbons (Fsp3) is 0.300. The third-order valence-electron chi connectivity index (χ3n) is 4.23. The Kier molecular flexibility index (Phi) is 4.74. The molecule has 5 nitrogen and oxygen atoms in total. The molecule has 1 N–H and O–H groups in total. The highest BCUT2D eigenvalue weighted by Crippen LogP contribution is 2.33. The van der Waals surface area contributed by atoms with Crippen LogP contribution in [0, 0.1) is 0 Å². The highest BCUT2D eigenvalue weighted by molar-refractivity contribution is 5.83. The molecule has 0 saturated carbocycles. The fourth-order valence-corrected chi connectivity index (χ4v) is 2.55. The molecule has 1 aromatic heterocycles. The number of nitrogens with zero attached hydrogens (tertiary/aromatic N) is 1. The predicted molar refractivity (Wildman–Crippen MR) is 95.0 cm³/mol. The summed E-state index contributed by atoms with van der Waals surface area (Å²) < 4.78 is 11.4. The van der Waals surface area contributed by atoms with E-state index in [-0.39, 0.29) is 0 Å². The van der Waals surface area contributed by atoms with Gasteiger partial charge >= 0.3 is 5.97 Å². The Morgan fingerprint density at radius 1 is 1.32 bits per heavy atom. The number of carbonyl (C=O) groups is 1. The third kappa shape index (κ3) is 3.82. The molecule has 2 aromatic rings. The first-order chi connectivity index (χ1) is 12.0. The van der Waals surface area contributed by atoms with Gasteiger partial charge in [0.15, 0.2) is 0 Å². The number of pyridine rings is 1. The summed E-state index contributed by atoms with van der Waals surface area (Å²) in [7, 11) is 0. The summed E-state index contributed by atoms with van der Waals surface area (Å²) in [5, 5.41) is 9.23. The normalized spacial score (nSPS) is 18.3. The van der Waals surface area contributed by atoms with Gasteiger partial charge in [-0.25, -0.2) is 4.79 Å². The van der Waals surface area contributed by atoms with Crippen molar-refractivity contribution in [1.29, 1.82) is 0 Å². The van der Waals surface area contributed by atoms with Gasteiger partial charge in [0, 0.05) is 23.9 Å². The van der Waals surface area contributed by atoms with E-state index in [4.69, 9.17) is 9.47 Å². The van der Waals surface area contributed by atoms with Crippen molar-refractivity contribution in [3.63, 3.8) is 0 Å². The van der Waals surface area contributed by atoms with Crippen LogP contribution < -0.4 is 9.47 Å². The molecule has 2 heterocycles. The number of hydrogen-bond donors (Lipinski definition) is 1. The number of carboxylic acids is 1. The van der Waals surface area contributed by atoms with Crippen molar-refractivity contribution in [3.05, 3.63) is 59.4 Å². The van der Waals surface area contributed by atoms with Gasteiger partial charge in [0.1, 0.15) is 11.5 Å². The number of hydrogen-bond acceptors (Lipinski definition) is 4. The minimum atomic E-state index is -1.33. The van der Waals surface area contributed by atoms with Crippen molar-refractivity contribution in [3.8, 4) is 11.5 Å². The summed E-state index contributed by atoms with van der Waals surface area (Å²) >= 11 is 0. The molecule has 0 saturated heterocycles. The van der Waals surface area contributed by atoms with Gasteiger partial charge in [0.05, 0.1) is 6.61 Å². The second kappa shape index (κ2) is 6.97. The van der Waals surface area contributed by atoms with Crippen molar-refractivity contribution >= 4 is 12.0 Å². The molecule has 0 aliphatic carbocycles. The zero-order chi connectivity index (χ0) is 17.9. The Morgan fingerprint density at radius 2 is 2.16 bits per heavy atom. The van der Waals surface area contributed by atoms with Crippen LogP contribution in [0.15, 0.2) is 42.6 Å². The van der Waals surface area contributed by atoms with Crippen LogP contribution in [0.4, 0.5) is 0 Å². The number of aryl methyl sites for hydroxylation is 1. The summed E-state index contributed by atoms with van der Waals surface area (Å²) in [6.07, 6.45) is 6.90. The van der Waals surface area contributed by atoms with Crippen LogP contribution in [0.1, 0.15) is 30.7 Å². The van der Waals surface area contributed by atoms with Crippen molar-refractivity contribution in [2.75, 3.05) is 6.61 Å². The summed E-state index contributed by atoms with van der Waals surface area (Å²) in [6, 6.07) is 9.49. The molecule has 0 radical (unpaired) electrons. The Morgan fingerprint density at radius 3 is 2.84 bits per heavy atom. The Balaban J connectivity index is 1.61. The molecule has 1 aliphatic heterocycles. The van der Waals surface area contributed by atoms with Crippen molar-refractivity contribution in [1.82, 2.24) is 4.98 Å². The molecule has 0 amide bonds. The molecular weight excluding hydrogens is 318 g/mol. The zero-order valence-corrected chi connectivity index (χ0v) is 14.4. The molecule has 1 unspecified atom stereocenters. The minimum absolute atomic E-state index is 0.522. The van der Waals surface area contributed by atoms with E-state index in [0.29, 0.717) is 12.4 Å². The number of aliphatic carboxylic acids is 1. The van der Waals surface area contributed by atoms with Crippen LogP contribution in [-0.4, -0.2) is 28.3 Å². The lowest BCUT2D eigenvalue weighted by Gasteiger charge is -2.27. The van der Waals surface area contributed by atoms with Gasteiger partial charge in [0.2, 0.25) is 5.60 Å². The first-order valence-corrected chi connectivity index (χ1v) is 8.32. The van der Waals surface area contributed by atoms with Gasteiger partial charge in [-0.3, -0.25) is 4.98 Å². The summed E-state index contributed by atoms with van der Waals surface area (Å²) in [5.41, 5.74) is 1.70. The highest BCUT2D eigenvalue weighted by Gasteiger charge is 2.35. The van der Waals surface area contributed by atoms with Gasteiger partial charge in [-0.15, -0.1) is 0 Å². The zero-order valence-electron chi connectivity index (χ0n) is 14.4. The molecule has 5 heteroatoms. The van der Waals surface area contributed by atoms with Gasteiger partial charge in [-0.2, -0.15) is 0 Å². The SMILES string of the molecule is CCc1ccc(CCOc2ccc3c(c2)C=CC(C)(C(=O)O)O3)nc1. The maximum atomic E-state index is 11.3. The van der Waals surface area contributed by atoms with Crippen LogP contribution in [0.2, 0.25) is 0 Å². The van der Waals surface area contributed by atoms with Crippen LogP contribution >= 0.6 is 0 Å². The molecule has 0 fully saturated rings. The first kappa shape index (κ1) is 17.0. The lowest BCUT2D eigenvalue weighted by Crippen LogP contribution is -2.40. The lowest BCUT2D eigenvalue weighted by atomic mass is 10.0. The Bertz CT molecular complexity index is 798. The first-order valence-electron chi connectivity index (χ1n) is 8.32. The Hall–Kier alpha value is -2.82. The van der Waals surface area contributed by atoms with E-state index in [1.807, 2.05) is 18.3 Å².